The van der Waals surface area contributed by atoms with Crippen molar-refractivity contribution in [3.63, 3.8) is 0 Å². The summed E-state index contributed by atoms with van der Waals surface area (Å²) in [5.74, 6) is -0.0154. The molecule has 6 heteroatoms. The summed E-state index contributed by atoms with van der Waals surface area (Å²) in [6, 6.07) is 20.7. The van der Waals surface area contributed by atoms with Crippen LogP contribution in [0.25, 0.3) is 5.57 Å². The van der Waals surface area contributed by atoms with E-state index in [0.717, 1.165) is 22.5 Å². The van der Waals surface area contributed by atoms with Gasteiger partial charge in [0.15, 0.2) is 0 Å². The van der Waals surface area contributed by atoms with E-state index in [9.17, 15) is 9.59 Å². The van der Waals surface area contributed by atoms with Gasteiger partial charge in [0.2, 0.25) is 0 Å². The number of anilines is 3. The van der Waals surface area contributed by atoms with Gasteiger partial charge in [-0.25, -0.2) is 4.90 Å². The standard InChI is InChI=1S/C28H29N3O3/c1-6-34-23-15-9-20(10-16-23)25-26(29-21-11-13-22(14-12-21)30(4)5)28(33)31(27(25)32)24-17-18(2)7-8-19(24)3/h7-17,29H,6H2,1-5H3. The smallest absolute Gasteiger partial charge is 0.282 e. The summed E-state index contributed by atoms with van der Waals surface area (Å²) in [6.45, 7) is 6.31. The lowest BCUT2D eigenvalue weighted by Gasteiger charge is -2.18. The molecule has 0 aliphatic carbocycles. The molecular formula is C28H29N3O3. The Morgan fingerprint density at radius 3 is 2.18 bits per heavy atom. The SMILES string of the molecule is CCOc1ccc(C2=C(Nc3ccc(N(C)C)cc3)C(=O)N(c3cc(C)ccc3C)C2=O)cc1. The van der Waals surface area contributed by atoms with Crippen LogP contribution < -0.4 is 19.9 Å². The Morgan fingerprint density at radius 2 is 1.56 bits per heavy atom. The topological polar surface area (TPSA) is 61.9 Å². The molecule has 34 heavy (non-hydrogen) atoms. The second-order valence-electron chi connectivity index (χ2n) is 8.51. The highest BCUT2D eigenvalue weighted by atomic mass is 16.5. The molecule has 0 saturated carbocycles. The Bertz CT molecular complexity index is 1260. The first-order valence-electron chi connectivity index (χ1n) is 11.3. The van der Waals surface area contributed by atoms with E-state index in [0.29, 0.717) is 29.2 Å². The highest BCUT2D eigenvalue weighted by Crippen LogP contribution is 2.36. The maximum atomic E-state index is 13.7. The second kappa shape index (κ2) is 9.43. The van der Waals surface area contributed by atoms with Crippen LogP contribution in [0, 0.1) is 13.8 Å². The van der Waals surface area contributed by atoms with Crippen LogP contribution in [-0.4, -0.2) is 32.5 Å². The molecule has 0 unspecified atom stereocenters. The van der Waals surface area contributed by atoms with Crippen LogP contribution >= 0.6 is 0 Å². The van der Waals surface area contributed by atoms with E-state index in [2.05, 4.69) is 5.32 Å². The minimum atomic E-state index is -0.376. The summed E-state index contributed by atoms with van der Waals surface area (Å²) in [5, 5.41) is 3.23. The van der Waals surface area contributed by atoms with Crippen LogP contribution in [0.15, 0.2) is 72.4 Å². The lowest BCUT2D eigenvalue weighted by Crippen LogP contribution is -2.33. The van der Waals surface area contributed by atoms with Gasteiger partial charge in [0.05, 0.1) is 17.9 Å². The normalized spacial score (nSPS) is 13.5. The number of hydrogen-bond donors (Lipinski definition) is 1. The number of carbonyl (C=O) groups is 2. The van der Waals surface area contributed by atoms with Crippen molar-refractivity contribution in [2.24, 2.45) is 0 Å². The van der Waals surface area contributed by atoms with Gasteiger partial charge in [-0.2, -0.15) is 0 Å². The first-order valence-corrected chi connectivity index (χ1v) is 11.3. The minimum Gasteiger partial charge on any atom is -0.494 e. The van der Waals surface area contributed by atoms with E-state index in [1.807, 2.05) is 106 Å². The maximum Gasteiger partial charge on any atom is 0.282 e. The lowest BCUT2D eigenvalue weighted by molar-refractivity contribution is -0.120. The molecule has 1 N–H and O–H groups in total. The summed E-state index contributed by atoms with van der Waals surface area (Å²) in [6.07, 6.45) is 0. The van der Waals surface area contributed by atoms with Gasteiger partial charge < -0.3 is 15.0 Å². The van der Waals surface area contributed by atoms with E-state index in [1.54, 1.807) is 0 Å². The van der Waals surface area contributed by atoms with Crippen LogP contribution in [0.5, 0.6) is 5.75 Å². The largest absolute Gasteiger partial charge is 0.494 e. The fourth-order valence-electron chi connectivity index (χ4n) is 3.96. The molecule has 174 valence electrons. The van der Waals surface area contributed by atoms with E-state index in [4.69, 9.17) is 4.74 Å². The summed E-state index contributed by atoms with van der Waals surface area (Å²) in [5.41, 5.74) is 5.45. The first-order chi connectivity index (χ1) is 16.3. The maximum absolute atomic E-state index is 13.7. The first kappa shape index (κ1) is 23.1. The number of rotatable bonds is 7. The van der Waals surface area contributed by atoms with Gasteiger partial charge in [0.25, 0.3) is 11.8 Å². The van der Waals surface area contributed by atoms with Crippen LogP contribution in [0.4, 0.5) is 17.1 Å². The van der Waals surface area contributed by atoms with E-state index < -0.39 is 0 Å². The molecule has 0 radical (unpaired) electrons. The number of carbonyl (C=O) groups excluding carboxylic acids is 2. The third kappa shape index (κ3) is 4.39. The van der Waals surface area contributed by atoms with Gasteiger partial charge in [-0.1, -0.05) is 24.3 Å². The zero-order chi connectivity index (χ0) is 24.4. The molecule has 1 aliphatic rings. The van der Waals surface area contributed by atoms with Gasteiger partial charge in [-0.05, 0) is 79.9 Å². The molecule has 3 aromatic rings. The third-order valence-electron chi connectivity index (χ3n) is 5.80. The number of ether oxygens (including phenoxy) is 1. The average molecular weight is 456 g/mol. The predicted octanol–water partition coefficient (Wildman–Crippen LogP) is 5.16. The molecule has 0 bridgehead atoms. The number of hydrogen-bond acceptors (Lipinski definition) is 5. The van der Waals surface area contributed by atoms with Crippen molar-refractivity contribution in [2.75, 3.05) is 35.8 Å². The van der Waals surface area contributed by atoms with Crippen LogP contribution in [0.1, 0.15) is 23.6 Å². The molecule has 0 fully saturated rings. The Morgan fingerprint density at radius 1 is 0.882 bits per heavy atom. The zero-order valence-corrected chi connectivity index (χ0v) is 20.2. The summed E-state index contributed by atoms with van der Waals surface area (Å²) < 4.78 is 5.55. The summed E-state index contributed by atoms with van der Waals surface area (Å²) >= 11 is 0. The summed E-state index contributed by atoms with van der Waals surface area (Å²) in [4.78, 5) is 30.6. The molecule has 0 saturated heterocycles. The third-order valence-corrected chi connectivity index (χ3v) is 5.80. The summed E-state index contributed by atoms with van der Waals surface area (Å²) in [7, 11) is 3.94. The molecular weight excluding hydrogens is 426 g/mol. The molecule has 2 amide bonds. The van der Waals surface area contributed by atoms with Crippen LogP contribution in [0.3, 0.4) is 0 Å². The van der Waals surface area contributed by atoms with Crippen molar-refractivity contribution >= 4 is 34.4 Å². The van der Waals surface area contributed by atoms with Crippen molar-refractivity contribution in [3.05, 3.63) is 89.1 Å². The second-order valence-corrected chi connectivity index (χ2v) is 8.51. The highest BCUT2D eigenvalue weighted by molar-refractivity contribution is 6.46. The fourth-order valence-corrected chi connectivity index (χ4v) is 3.96. The van der Waals surface area contributed by atoms with Crippen molar-refractivity contribution in [2.45, 2.75) is 20.8 Å². The van der Waals surface area contributed by atoms with Crippen molar-refractivity contribution in [1.29, 1.82) is 0 Å². The van der Waals surface area contributed by atoms with Crippen molar-refractivity contribution < 1.29 is 14.3 Å². The fraction of sp³-hybridized carbons (Fsp3) is 0.214. The van der Waals surface area contributed by atoms with Gasteiger partial charge in [-0.15, -0.1) is 0 Å². The van der Waals surface area contributed by atoms with Gasteiger partial charge in [-0.3, -0.25) is 9.59 Å². The number of amides is 2. The monoisotopic (exact) mass is 455 g/mol. The van der Waals surface area contributed by atoms with Crippen LogP contribution in [-0.2, 0) is 9.59 Å². The molecule has 0 spiro atoms. The zero-order valence-electron chi connectivity index (χ0n) is 20.2. The molecule has 1 aliphatic heterocycles. The van der Waals surface area contributed by atoms with Gasteiger partial charge in [0.1, 0.15) is 11.4 Å². The minimum absolute atomic E-state index is 0.257. The Balaban J connectivity index is 1.79. The Labute approximate surface area is 200 Å². The molecule has 0 atom stereocenters. The highest BCUT2D eigenvalue weighted by Gasteiger charge is 2.40. The lowest BCUT2D eigenvalue weighted by atomic mass is 10.0. The Hall–Kier alpha value is -4.06. The molecule has 6 nitrogen and oxygen atoms in total. The van der Waals surface area contributed by atoms with Crippen molar-refractivity contribution in [3.8, 4) is 5.75 Å². The molecule has 3 aromatic carbocycles. The van der Waals surface area contributed by atoms with Gasteiger partial charge in [0, 0.05) is 25.5 Å². The number of aryl methyl sites for hydroxylation is 2. The Kier molecular flexibility index (Phi) is 6.41. The number of nitrogens with one attached hydrogen (secondary N) is 1. The predicted molar refractivity (Wildman–Crippen MR) is 137 cm³/mol. The van der Waals surface area contributed by atoms with Gasteiger partial charge >= 0.3 is 0 Å². The molecule has 1 heterocycles. The van der Waals surface area contributed by atoms with Crippen LogP contribution in [0.2, 0.25) is 0 Å². The number of nitrogens with zero attached hydrogens (tertiary/aromatic N) is 2. The van der Waals surface area contributed by atoms with E-state index >= 15 is 0 Å². The molecule has 0 aromatic heterocycles. The van der Waals surface area contributed by atoms with E-state index in [1.165, 1.54) is 4.90 Å². The van der Waals surface area contributed by atoms with E-state index in [-0.39, 0.29) is 17.5 Å². The van der Waals surface area contributed by atoms with Crippen molar-refractivity contribution in [1.82, 2.24) is 0 Å². The number of imide groups is 1. The molecule has 4 rings (SSSR count). The quantitative estimate of drug-likeness (QED) is 0.499. The number of benzene rings is 3. The average Bonchev–Trinajstić information content (AvgIpc) is 3.06.